The fourth-order valence-corrected chi connectivity index (χ4v) is 2.48. The highest BCUT2D eigenvalue weighted by molar-refractivity contribution is 7.84. The topological polar surface area (TPSA) is 69.1 Å². The number of halogens is 3. The van der Waals surface area contributed by atoms with Crippen molar-refractivity contribution in [3.63, 3.8) is 0 Å². The van der Waals surface area contributed by atoms with E-state index in [4.69, 9.17) is 10.2 Å². The number of benzene rings is 1. The highest BCUT2D eigenvalue weighted by Gasteiger charge is 2.27. The van der Waals surface area contributed by atoms with Crippen molar-refractivity contribution in [3.8, 4) is 0 Å². The molecule has 0 amide bonds. The zero-order chi connectivity index (χ0) is 14.0. The third-order valence-electron chi connectivity index (χ3n) is 2.38. The third kappa shape index (κ3) is 3.69. The van der Waals surface area contributed by atoms with E-state index in [-0.39, 0.29) is 17.4 Å². The second-order valence-corrected chi connectivity index (χ2v) is 5.42. The third-order valence-corrected chi connectivity index (χ3v) is 3.60. The smallest absolute Gasteiger partial charge is 0.389 e. The number of anilines is 1. The van der Waals surface area contributed by atoms with E-state index in [1.165, 1.54) is 0 Å². The lowest BCUT2D eigenvalue weighted by atomic mass is 10.3. The predicted octanol–water partition coefficient (Wildman–Crippen LogP) is 2.86. The van der Waals surface area contributed by atoms with Gasteiger partial charge in [-0.25, -0.2) is 9.19 Å². The molecule has 0 spiro atoms. The van der Waals surface area contributed by atoms with E-state index in [1.807, 2.05) is 0 Å². The molecule has 0 aliphatic heterocycles. The molecule has 0 aliphatic rings. The Labute approximate surface area is 109 Å². The van der Waals surface area contributed by atoms with Crippen LogP contribution in [0, 0.1) is 0 Å². The number of nitrogens with zero attached hydrogens (tertiary/aromatic N) is 1. The van der Waals surface area contributed by atoms with Gasteiger partial charge in [-0.2, -0.15) is 13.2 Å². The second-order valence-electron chi connectivity index (χ2n) is 3.98. The van der Waals surface area contributed by atoms with Crippen molar-refractivity contribution in [1.82, 2.24) is 4.98 Å². The molecule has 1 heterocycles. The van der Waals surface area contributed by atoms with Crippen LogP contribution >= 0.6 is 0 Å². The Bertz CT molecular complexity index is 609. The summed E-state index contributed by atoms with van der Waals surface area (Å²) in [5, 5.41) is -0.0669. The van der Waals surface area contributed by atoms with Crippen LogP contribution in [0.3, 0.4) is 0 Å². The van der Waals surface area contributed by atoms with Gasteiger partial charge in [0.25, 0.3) is 5.22 Å². The molecule has 0 aliphatic carbocycles. The lowest BCUT2D eigenvalue weighted by Gasteiger charge is -2.03. The number of oxazole rings is 1. The van der Waals surface area contributed by atoms with Crippen molar-refractivity contribution in [2.24, 2.45) is 0 Å². The van der Waals surface area contributed by atoms with Crippen molar-refractivity contribution >= 4 is 27.6 Å². The molecule has 0 fully saturated rings. The molecule has 1 aromatic carbocycles. The van der Waals surface area contributed by atoms with Crippen molar-refractivity contribution in [3.05, 3.63) is 18.2 Å². The first kappa shape index (κ1) is 13.9. The number of aromatic nitrogens is 1. The standard InChI is InChI=1S/C11H11F3N2O2S/c12-11(13,14)4-1-5-19(17)10-16-8-6-7(15)2-3-9(8)18-10/h2-3,6H,1,4-5,15H2. The van der Waals surface area contributed by atoms with Crippen molar-refractivity contribution in [2.45, 2.75) is 24.2 Å². The number of fused-ring (bicyclic) bond motifs is 1. The average molecular weight is 292 g/mol. The normalized spacial score (nSPS) is 13.8. The minimum Gasteiger partial charge on any atom is -0.430 e. The van der Waals surface area contributed by atoms with Crippen LogP contribution < -0.4 is 5.73 Å². The van der Waals surface area contributed by atoms with Crippen LogP contribution in [0.4, 0.5) is 18.9 Å². The number of hydrogen-bond donors (Lipinski definition) is 1. The number of rotatable bonds is 4. The van der Waals surface area contributed by atoms with E-state index in [0.29, 0.717) is 16.8 Å². The molecule has 2 N–H and O–H groups in total. The minimum absolute atomic E-state index is 0.0669. The van der Waals surface area contributed by atoms with Crippen LogP contribution in [0.25, 0.3) is 11.1 Å². The maximum atomic E-state index is 12.0. The molecule has 2 aromatic rings. The van der Waals surface area contributed by atoms with E-state index in [9.17, 15) is 17.4 Å². The van der Waals surface area contributed by atoms with Gasteiger partial charge in [0.2, 0.25) is 0 Å². The molecule has 1 aromatic heterocycles. The maximum absolute atomic E-state index is 12.0. The molecular weight excluding hydrogens is 281 g/mol. The molecule has 8 heteroatoms. The van der Waals surface area contributed by atoms with Gasteiger partial charge in [-0.3, -0.25) is 0 Å². The fourth-order valence-electron chi connectivity index (χ4n) is 1.51. The molecule has 0 saturated heterocycles. The van der Waals surface area contributed by atoms with Gasteiger partial charge in [0, 0.05) is 17.9 Å². The Balaban J connectivity index is 2.05. The van der Waals surface area contributed by atoms with Gasteiger partial charge in [0.1, 0.15) is 16.3 Å². The van der Waals surface area contributed by atoms with Crippen molar-refractivity contribution < 1.29 is 21.8 Å². The first-order chi connectivity index (χ1) is 8.85. The van der Waals surface area contributed by atoms with Crippen molar-refractivity contribution in [2.75, 3.05) is 11.5 Å². The number of alkyl halides is 3. The zero-order valence-electron chi connectivity index (χ0n) is 9.74. The Morgan fingerprint density at radius 2 is 2.11 bits per heavy atom. The summed E-state index contributed by atoms with van der Waals surface area (Å²) in [4.78, 5) is 3.96. The Hall–Kier alpha value is -1.57. The SMILES string of the molecule is Nc1ccc2oc(S(=O)CCCC(F)(F)F)nc2c1. The molecule has 0 bridgehead atoms. The quantitative estimate of drug-likeness (QED) is 0.880. The van der Waals surface area contributed by atoms with Gasteiger partial charge < -0.3 is 10.2 Å². The van der Waals surface area contributed by atoms with Gasteiger partial charge in [0.05, 0.1) is 0 Å². The van der Waals surface area contributed by atoms with Gasteiger partial charge in [-0.15, -0.1) is 0 Å². The van der Waals surface area contributed by atoms with Crippen LogP contribution in [0.2, 0.25) is 0 Å². The van der Waals surface area contributed by atoms with E-state index in [2.05, 4.69) is 4.98 Å². The van der Waals surface area contributed by atoms with Crippen LogP contribution in [-0.4, -0.2) is 21.1 Å². The summed E-state index contributed by atoms with van der Waals surface area (Å²) >= 11 is 0. The largest absolute Gasteiger partial charge is 0.430 e. The summed E-state index contributed by atoms with van der Waals surface area (Å²) in [6.07, 6.45) is -5.43. The van der Waals surface area contributed by atoms with Gasteiger partial charge in [0.15, 0.2) is 5.58 Å². The van der Waals surface area contributed by atoms with E-state index < -0.39 is 23.4 Å². The average Bonchev–Trinajstić information content (AvgIpc) is 2.70. The zero-order valence-corrected chi connectivity index (χ0v) is 10.6. The molecule has 1 atom stereocenters. The Kier molecular flexibility index (Phi) is 3.79. The van der Waals surface area contributed by atoms with Crippen LogP contribution in [-0.2, 0) is 10.8 Å². The van der Waals surface area contributed by atoms with Crippen LogP contribution in [0.5, 0.6) is 0 Å². The van der Waals surface area contributed by atoms with Gasteiger partial charge in [-0.05, 0) is 24.6 Å². The summed E-state index contributed by atoms with van der Waals surface area (Å²) in [5.74, 6) is -0.137. The lowest BCUT2D eigenvalue weighted by Crippen LogP contribution is -2.09. The molecule has 1 unspecified atom stereocenters. The second kappa shape index (κ2) is 5.20. The predicted molar refractivity (Wildman–Crippen MR) is 65.0 cm³/mol. The number of hydrogen-bond acceptors (Lipinski definition) is 4. The minimum atomic E-state index is -4.24. The molecule has 0 radical (unpaired) electrons. The van der Waals surface area contributed by atoms with E-state index in [0.717, 1.165) is 0 Å². The van der Waals surface area contributed by atoms with Crippen molar-refractivity contribution in [1.29, 1.82) is 0 Å². The summed E-state index contributed by atoms with van der Waals surface area (Å²) in [7, 11) is -1.68. The van der Waals surface area contributed by atoms with Crippen LogP contribution in [0.1, 0.15) is 12.8 Å². The monoisotopic (exact) mass is 292 g/mol. The fraction of sp³-hybridized carbons (Fsp3) is 0.364. The molecule has 4 nitrogen and oxygen atoms in total. The highest BCUT2D eigenvalue weighted by Crippen LogP contribution is 2.23. The first-order valence-electron chi connectivity index (χ1n) is 5.46. The lowest BCUT2D eigenvalue weighted by molar-refractivity contribution is -0.134. The molecule has 2 rings (SSSR count). The van der Waals surface area contributed by atoms with E-state index >= 15 is 0 Å². The molecular formula is C11H11F3N2O2S. The molecule has 0 saturated carbocycles. The molecule has 19 heavy (non-hydrogen) atoms. The van der Waals surface area contributed by atoms with Gasteiger partial charge >= 0.3 is 6.18 Å². The maximum Gasteiger partial charge on any atom is 0.389 e. The Morgan fingerprint density at radius 1 is 1.37 bits per heavy atom. The molecule has 104 valence electrons. The summed E-state index contributed by atoms with van der Waals surface area (Å²) in [6, 6.07) is 4.73. The highest BCUT2D eigenvalue weighted by atomic mass is 32.2. The Morgan fingerprint density at radius 3 is 2.79 bits per heavy atom. The first-order valence-corrected chi connectivity index (χ1v) is 6.78. The summed E-state index contributed by atoms with van der Waals surface area (Å²) in [5.41, 5.74) is 6.89. The summed E-state index contributed by atoms with van der Waals surface area (Å²) < 4.78 is 52.9. The van der Waals surface area contributed by atoms with Crippen LogP contribution in [0.15, 0.2) is 27.8 Å². The number of nitrogens with two attached hydrogens (primary N) is 1. The van der Waals surface area contributed by atoms with Gasteiger partial charge in [-0.1, -0.05) is 0 Å². The number of nitrogen functional groups attached to an aromatic ring is 1. The summed E-state index contributed by atoms with van der Waals surface area (Å²) in [6.45, 7) is 0. The van der Waals surface area contributed by atoms with E-state index in [1.54, 1.807) is 18.2 Å².